The van der Waals surface area contributed by atoms with Gasteiger partial charge in [-0.05, 0) is 146 Å². The number of hydrogen-bond acceptors (Lipinski definition) is 1. The van der Waals surface area contributed by atoms with Crippen molar-refractivity contribution in [1.29, 1.82) is 0 Å². The first-order chi connectivity index (χ1) is 23.7. The predicted octanol–water partition coefficient (Wildman–Crippen LogP) is 13.1. The first-order valence-corrected chi connectivity index (χ1v) is 17.2. The van der Waals surface area contributed by atoms with Crippen molar-refractivity contribution in [2.75, 3.05) is 4.90 Å². The Morgan fingerprint density at radius 3 is 1.44 bits per heavy atom. The summed E-state index contributed by atoms with van der Waals surface area (Å²) < 4.78 is 0. The molecular weight excluding hydrogens is 579 g/mol. The van der Waals surface area contributed by atoms with Crippen molar-refractivity contribution in [3.63, 3.8) is 0 Å². The maximum atomic E-state index is 2.45. The van der Waals surface area contributed by atoms with E-state index in [1.165, 1.54) is 91.4 Å². The van der Waals surface area contributed by atoms with Crippen molar-refractivity contribution < 1.29 is 0 Å². The molecule has 0 unspecified atom stereocenters. The van der Waals surface area contributed by atoms with E-state index in [2.05, 4.69) is 170 Å². The number of benzene rings is 8. The Morgan fingerprint density at radius 2 is 0.833 bits per heavy atom. The molecule has 0 fully saturated rings. The Bertz CT molecular complexity index is 2400. The van der Waals surface area contributed by atoms with Crippen molar-refractivity contribution in [2.24, 2.45) is 0 Å². The Balaban J connectivity index is 1.09. The second kappa shape index (κ2) is 11.9. The van der Waals surface area contributed by atoms with Crippen LogP contribution in [0.4, 0.5) is 17.1 Å². The molecule has 0 spiro atoms. The van der Waals surface area contributed by atoms with Gasteiger partial charge in [-0.1, -0.05) is 115 Å². The van der Waals surface area contributed by atoms with E-state index in [-0.39, 0.29) is 0 Å². The highest BCUT2D eigenvalue weighted by Gasteiger charge is 2.16. The highest BCUT2D eigenvalue weighted by molar-refractivity contribution is 6.25. The number of anilines is 3. The maximum Gasteiger partial charge on any atom is 0.0462 e. The minimum absolute atomic E-state index is 1.14. The zero-order valence-electron chi connectivity index (χ0n) is 27.3. The summed E-state index contributed by atoms with van der Waals surface area (Å²) in [7, 11) is 0. The molecule has 0 aromatic heterocycles. The van der Waals surface area contributed by atoms with Crippen molar-refractivity contribution in [2.45, 2.75) is 32.6 Å². The molecule has 0 saturated carbocycles. The topological polar surface area (TPSA) is 3.24 Å². The lowest BCUT2D eigenvalue weighted by Crippen LogP contribution is -2.09. The summed E-state index contributed by atoms with van der Waals surface area (Å²) in [5, 5.41) is 7.82. The average molecular weight is 616 g/mol. The van der Waals surface area contributed by atoms with Gasteiger partial charge in [0.05, 0.1) is 0 Å². The van der Waals surface area contributed by atoms with E-state index < -0.39 is 0 Å². The molecule has 0 amide bonds. The van der Waals surface area contributed by atoms with Crippen molar-refractivity contribution in [3.05, 3.63) is 174 Å². The molecule has 1 aliphatic carbocycles. The third-order valence-electron chi connectivity index (χ3n) is 10.3. The maximum absolute atomic E-state index is 2.45. The number of nitrogens with zero attached hydrogens (tertiary/aromatic N) is 1. The van der Waals surface area contributed by atoms with E-state index in [0.29, 0.717) is 0 Å². The molecule has 0 radical (unpaired) electrons. The van der Waals surface area contributed by atoms with Crippen LogP contribution in [0.25, 0.3) is 54.6 Å². The molecule has 1 nitrogen and oxygen atoms in total. The second-order valence-corrected chi connectivity index (χ2v) is 13.3. The number of rotatable bonds is 5. The zero-order chi connectivity index (χ0) is 32.0. The summed E-state index contributed by atoms with van der Waals surface area (Å²) in [5.41, 5.74) is 13.0. The Labute approximate surface area is 282 Å². The standard InChI is InChI=1S/C47H37N/c1-32-29-35-11-5-6-12-36(35)30-46(32)34-21-26-40(27-22-34)48(38-13-3-2-4-14-38)39-24-19-33(20-25-39)37-23-28-45-43-17-8-7-15-41(43)42-16-9-10-18-44(42)47(45)31-37/h2-4,7-10,13-31H,5-6,11-12H2,1H3. The van der Waals surface area contributed by atoms with Gasteiger partial charge < -0.3 is 4.90 Å². The smallest absolute Gasteiger partial charge is 0.0462 e. The monoisotopic (exact) mass is 615 g/mol. The minimum Gasteiger partial charge on any atom is -0.311 e. The van der Waals surface area contributed by atoms with Crippen LogP contribution in [0.3, 0.4) is 0 Å². The van der Waals surface area contributed by atoms with E-state index in [4.69, 9.17) is 0 Å². The lowest BCUT2D eigenvalue weighted by atomic mass is 9.87. The molecule has 0 N–H and O–H groups in total. The average Bonchev–Trinajstić information content (AvgIpc) is 3.16. The summed E-state index contributed by atoms with van der Waals surface area (Å²) >= 11 is 0. The van der Waals surface area contributed by atoms with E-state index in [1.54, 1.807) is 5.56 Å². The van der Waals surface area contributed by atoms with Crippen LogP contribution in [-0.2, 0) is 12.8 Å². The lowest BCUT2D eigenvalue weighted by molar-refractivity contribution is 0.685. The first kappa shape index (κ1) is 28.6. The summed E-state index contributed by atoms with van der Waals surface area (Å²) in [4.78, 5) is 2.35. The van der Waals surface area contributed by atoms with Gasteiger partial charge in [-0.3, -0.25) is 0 Å². The van der Waals surface area contributed by atoms with E-state index in [9.17, 15) is 0 Å². The van der Waals surface area contributed by atoms with Gasteiger partial charge in [0.1, 0.15) is 0 Å². The fraction of sp³-hybridized carbons (Fsp3) is 0.106. The molecule has 1 aliphatic rings. The Morgan fingerprint density at radius 1 is 0.375 bits per heavy atom. The summed E-state index contributed by atoms with van der Waals surface area (Å²) in [6.45, 7) is 2.26. The van der Waals surface area contributed by atoms with Crippen LogP contribution in [-0.4, -0.2) is 0 Å². The fourth-order valence-corrected chi connectivity index (χ4v) is 7.92. The van der Waals surface area contributed by atoms with Gasteiger partial charge in [0.15, 0.2) is 0 Å². The van der Waals surface area contributed by atoms with Crippen molar-refractivity contribution >= 4 is 49.4 Å². The van der Waals surface area contributed by atoms with Crippen molar-refractivity contribution in [1.82, 2.24) is 0 Å². The van der Waals surface area contributed by atoms with Crippen LogP contribution < -0.4 is 4.90 Å². The molecule has 9 rings (SSSR count). The van der Waals surface area contributed by atoms with Crippen LogP contribution in [0.15, 0.2) is 158 Å². The minimum atomic E-state index is 1.14. The van der Waals surface area contributed by atoms with Gasteiger partial charge in [0.25, 0.3) is 0 Å². The van der Waals surface area contributed by atoms with Crippen molar-refractivity contribution in [3.8, 4) is 22.3 Å². The molecule has 0 saturated heterocycles. The number of fused-ring (bicyclic) bond motifs is 7. The predicted molar refractivity (Wildman–Crippen MR) is 206 cm³/mol. The number of aryl methyl sites for hydroxylation is 3. The van der Waals surface area contributed by atoms with Gasteiger partial charge in [-0.25, -0.2) is 0 Å². The third-order valence-corrected chi connectivity index (χ3v) is 10.3. The highest BCUT2D eigenvalue weighted by Crippen LogP contribution is 2.40. The number of para-hydroxylation sites is 1. The summed E-state index contributed by atoms with van der Waals surface area (Å²) in [6.07, 6.45) is 5.03. The molecule has 8 aromatic rings. The van der Waals surface area contributed by atoms with Crippen LogP contribution >= 0.6 is 0 Å². The fourth-order valence-electron chi connectivity index (χ4n) is 7.92. The zero-order valence-corrected chi connectivity index (χ0v) is 27.3. The third kappa shape index (κ3) is 4.95. The summed E-state index contributed by atoms with van der Waals surface area (Å²) in [5.74, 6) is 0. The van der Waals surface area contributed by atoms with Crippen LogP contribution in [0, 0.1) is 6.92 Å². The van der Waals surface area contributed by atoms with E-state index in [1.807, 2.05) is 0 Å². The molecule has 0 heterocycles. The van der Waals surface area contributed by atoms with Gasteiger partial charge >= 0.3 is 0 Å². The van der Waals surface area contributed by atoms with Gasteiger partial charge in [0, 0.05) is 17.1 Å². The molecular formula is C47H37N. The number of hydrogen-bond donors (Lipinski definition) is 0. The molecule has 0 atom stereocenters. The molecule has 8 aromatic carbocycles. The van der Waals surface area contributed by atoms with E-state index >= 15 is 0 Å². The second-order valence-electron chi connectivity index (χ2n) is 13.3. The molecule has 0 bridgehead atoms. The molecule has 230 valence electrons. The normalized spacial score (nSPS) is 12.8. The van der Waals surface area contributed by atoms with Crippen LogP contribution in [0.5, 0.6) is 0 Å². The van der Waals surface area contributed by atoms with Crippen LogP contribution in [0.1, 0.15) is 29.5 Å². The lowest BCUT2D eigenvalue weighted by Gasteiger charge is -2.26. The van der Waals surface area contributed by atoms with Gasteiger partial charge in [-0.15, -0.1) is 0 Å². The summed E-state index contributed by atoms with van der Waals surface area (Å²) in [6, 6.07) is 58.2. The Kier molecular flexibility index (Phi) is 7.05. The quantitative estimate of drug-likeness (QED) is 0.174. The highest BCUT2D eigenvalue weighted by atomic mass is 15.1. The Hall–Kier alpha value is -5.66. The first-order valence-electron chi connectivity index (χ1n) is 17.2. The molecule has 0 aliphatic heterocycles. The van der Waals surface area contributed by atoms with Crippen LogP contribution in [0.2, 0.25) is 0 Å². The molecule has 1 heteroatoms. The van der Waals surface area contributed by atoms with Gasteiger partial charge in [-0.2, -0.15) is 0 Å². The molecule has 48 heavy (non-hydrogen) atoms. The largest absolute Gasteiger partial charge is 0.311 e. The SMILES string of the molecule is Cc1cc2c(cc1-c1ccc(N(c3ccccc3)c3ccc(-c4ccc5c6ccccc6c6ccccc6c5c4)cc3)cc1)CCCC2. The van der Waals surface area contributed by atoms with Gasteiger partial charge in [0.2, 0.25) is 0 Å². The van der Waals surface area contributed by atoms with E-state index in [0.717, 1.165) is 17.1 Å².